The molecule has 0 spiro atoms. The Kier molecular flexibility index (Phi) is 7.95. The van der Waals surface area contributed by atoms with Crippen molar-refractivity contribution in [2.24, 2.45) is 5.92 Å². The Labute approximate surface area is 96.3 Å². The monoisotopic (exact) mass is 220 g/mol. The predicted molar refractivity (Wildman–Crippen MR) is 74.2 cm³/mol. The van der Waals surface area contributed by atoms with Gasteiger partial charge < -0.3 is 0 Å². The van der Waals surface area contributed by atoms with Gasteiger partial charge in [0, 0.05) is 0 Å². The molecule has 0 unspecified atom stereocenters. The van der Waals surface area contributed by atoms with Crippen LogP contribution >= 0.6 is 8.86 Å². The van der Waals surface area contributed by atoms with E-state index in [9.17, 15) is 0 Å². The van der Waals surface area contributed by atoms with Gasteiger partial charge in [0.2, 0.25) is 0 Å². The fourth-order valence-corrected chi connectivity index (χ4v) is 1.62. The summed E-state index contributed by atoms with van der Waals surface area (Å²) >= 11 is 0. The Morgan fingerprint density at radius 2 is 1.73 bits per heavy atom. The minimum Gasteiger partial charge on any atom is -0.122 e. The second-order valence-corrected chi connectivity index (χ2v) is 4.03. The van der Waals surface area contributed by atoms with E-state index >= 15 is 0 Å². The molecule has 0 aromatic heterocycles. The van der Waals surface area contributed by atoms with Crippen LogP contribution in [0.3, 0.4) is 0 Å². The molecule has 0 aliphatic rings. The first-order valence-electron chi connectivity index (χ1n) is 5.30. The van der Waals surface area contributed by atoms with E-state index in [4.69, 9.17) is 0 Å². The van der Waals surface area contributed by atoms with Crippen molar-refractivity contribution in [1.82, 2.24) is 0 Å². The molecule has 1 rings (SSSR count). The molecule has 0 heterocycles. The summed E-state index contributed by atoms with van der Waals surface area (Å²) in [6.45, 7) is 8.48. The highest BCUT2D eigenvalue weighted by molar-refractivity contribution is 7.19. The third kappa shape index (κ3) is 7.11. The van der Waals surface area contributed by atoms with Crippen LogP contribution in [0.5, 0.6) is 0 Å². The third-order valence-corrected chi connectivity index (χ3v) is 2.44. The normalized spacial score (nSPS) is 10.6. The number of allylic oxidation sites excluding steroid dienone is 2. The first-order valence-corrected chi connectivity index (χ1v) is 5.87. The highest BCUT2D eigenvalue weighted by atomic mass is 31.0. The van der Waals surface area contributed by atoms with E-state index in [0.717, 1.165) is 0 Å². The summed E-state index contributed by atoms with van der Waals surface area (Å²) in [7, 11) is 3.33. The lowest BCUT2D eigenvalue weighted by Crippen LogP contribution is -1.91. The molecule has 0 aliphatic heterocycles. The molecule has 1 aromatic carbocycles. The van der Waals surface area contributed by atoms with E-state index in [1.807, 2.05) is 30.9 Å². The maximum atomic E-state index is 3.33. The van der Waals surface area contributed by atoms with Gasteiger partial charge in [-0.15, -0.1) is 8.86 Å². The van der Waals surface area contributed by atoms with Crippen molar-refractivity contribution in [2.75, 3.05) is 0 Å². The lowest BCUT2D eigenvalue weighted by molar-refractivity contribution is 0.807. The van der Waals surface area contributed by atoms with Gasteiger partial charge in [0.25, 0.3) is 0 Å². The van der Waals surface area contributed by atoms with Crippen molar-refractivity contribution in [3.63, 3.8) is 0 Å². The van der Waals surface area contributed by atoms with E-state index in [1.54, 1.807) is 0 Å². The third-order valence-electron chi connectivity index (χ3n) is 2.11. The van der Waals surface area contributed by atoms with Gasteiger partial charge in [0.1, 0.15) is 0 Å². The number of hydrogen-bond donors (Lipinski definition) is 0. The summed E-state index contributed by atoms with van der Waals surface area (Å²) in [5.74, 6) is 2.60. The minimum atomic E-state index is 0.637. The van der Waals surface area contributed by atoms with Crippen molar-refractivity contribution in [2.45, 2.75) is 27.7 Å². The number of benzene rings is 1. The minimum absolute atomic E-state index is 0.637. The summed E-state index contributed by atoms with van der Waals surface area (Å²) in [6.07, 6.45) is 2.11. The zero-order valence-corrected chi connectivity index (χ0v) is 11.1. The van der Waals surface area contributed by atoms with Crippen LogP contribution in [-0.4, -0.2) is 5.80 Å². The molecular formula is C14H21P. The van der Waals surface area contributed by atoms with Crippen molar-refractivity contribution in [1.29, 1.82) is 0 Å². The van der Waals surface area contributed by atoms with E-state index < -0.39 is 0 Å². The van der Waals surface area contributed by atoms with Crippen LogP contribution in [0, 0.1) is 12.8 Å². The Balaban J connectivity index is 0.000000262. The lowest BCUT2D eigenvalue weighted by atomic mass is 10.1. The molecule has 0 aliphatic carbocycles. The molecule has 1 heteroatoms. The van der Waals surface area contributed by atoms with Crippen LogP contribution < -0.4 is 0 Å². The molecular weight excluding hydrogens is 199 g/mol. The van der Waals surface area contributed by atoms with Crippen molar-refractivity contribution < 1.29 is 0 Å². The van der Waals surface area contributed by atoms with Gasteiger partial charge in [-0.25, -0.2) is 0 Å². The van der Waals surface area contributed by atoms with E-state index in [2.05, 4.69) is 47.8 Å². The molecule has 0 saturated carbocycles. The number of rotatable bonds is 2. The van der Waals surface area contributed by atoms with Crippen molar-refractivity contribution in [3.8, 4) is 0 Å². The van der Waals surface area contributed by atoms with Crippen LogP contribution in [0.1, 0.15) is 26.3 Å². The van der Waals surface area contributed by atoms with E-state index in [0.29, 0.717) is 5.92 Å². The molecule has 0 fully saturated rings. The Bertz CT molecular complexity index is 296. The van der Waals surface area contributed by atoms with Gasteiger partial charge in [-0.05, 0) is 31.1 Å². The zero-order valence-electron chi connectivity index (χ0n) is 10.1. The standard InChI is InChI=1S/C7H13P.C7H8/c1-4-7(5-8)6(2)3;1-7-5-3-2-4-6-7/h4-6,8H,1-3H3;2-6H,1H3/b7-4+;. The smallest absolute Gasteiger partial charge is 0.0219 e. The molecule has 0 amide bonds. The second-order valence-electron chi connectivity index (χ2n) is 3.74. The summed E-state index contributed by atoms with van der Waals surface area (Å²) in [4.78, 5) is 0. The van der Waals surface area contributed by atoms with Gasteiger partial charge in [0.05, 0.1) is 0 Å². The maximum absolute atomic E-state index is 3.33. The highest BCUT2D eigenvalue weighted by Crippen LogP contribution is 2.05. The van der Waals surface area contributed by atoms with E-state index in [1.165, 1.54) is 11.1 Å². The van der Waals surface area contributed by atoms with Gasteiger partial charge in [-0.3, -0.25) is 0 Å². The molecule has 0 radical (unpaired) electrons. The Hall–Kier alpha value is -0.870. The summed E-state index contributed by atoms with van der Waals surface area (Å²) in [5, 5.41) is 0. The molecule has 0 atom stereocenters. The van der Waals surface area contributed by atoms with E-state index in [-0.39, 0.29) is 0 Å². The Morgan fingerprint density at radius 3 is 1.87 bits per heavy atom. The van der Waals surface area contributed by atoms with Crippen LogP contribution in [0.25, 0.3) is 0 Å². The first kappa shape index (κ1) is 14.1. The quantitative estimate of drug-likeness (QED) is 0.642. The molecule has 0 saturated heterocycles. The van der Waals surface area contributed by atoms with Gasteiger partial charge in [-0.2, -0.15) is 0 Å². The molecule has 15 heavy (non-hydrogen) atoms. The number of aryl methyl sites for hydroxylation is 1. The molecule has 1 aromatic rings. The fourth-order valence-electron chi connectivity index (χ4n) is 1.12. The molecule has 0 nitrogen and oxygen atoms in total. The van der Waals surface area contributed by atoms with Crippen LogP contribution in [-0.2, 0) is 0 Å². The molecule has 0 bridgehead atoms. The van der Waals surface area contributed by atoms with Gasteiger partial charge in [-0.1, -0.05) is 55.8 Å². The topological polar surface area (TPSA) is 0 Å². The van der Waals surface area contributed by atoms with Crippen LogP contribution in [0.15, 0.2) is 42.0 Å². The highest BCUT2D eigenvalue weighted by Gasteiger charge is 1.93. The largest absolute Gasteiger partial charge is 0.122 e. The zero-order chi connectivity index (χ0) is 11.7. The van der Waals surface area contributed by atoms with Crippen molar-refractivity contribution >= 4 is 14.7 Å². The van der Waals surface area contributed by atoms with Crippen molar-refractivity contribution in [3.05, 3.63) is 47.5 Å². The lowest BCUT2D eigenvalue weighted by Gasteiger charge is -2.01. The first-order chi connectivity index (χ1) is 7.11. The summed E-state index contributed by atoms with van der Waals surface area (Å²) in [5.41, 5.74) is 2.67. The summed E-state index contributed by atoms with van der Waals surface area (Å²) < 4.78 is 0. The molecule has 0 N–H and O–H groups in total. The van der Waals surface area contributed by atoms with Gasteiger partial charge in [0.15, 0.2) is 0 Å². The van der Waals surface area contributed by atoms with Crippen LogP contribution in [0.2, 0.25) is 0 Å². The average Bonchev–Trinajstić information content (AvgIpc) is 2.21. The summed E-state index contributed by atoms with van der Waals surface area (Å²) in [6, 6.07) is 10.3. The number of hydrogen-bond acceptors (Lipinski definition) is 0. The molecule has 82 valence electrons. The maximum Gasteiger partial charge on any atom is -0.0219 e. The fraction of sp³-hybridized carbons (Fsp3) is 0.357. The van der Waals surface area contributed by atoms with Crippen LogP contribution in [0.4, 0.5) is 0 Å². The van der Waals surface area contributed by atoms with Gasteiger partial charge >= 0.3 is 0 Å². The second kappa shape index (κ2) is 8.44. The SMILES string of the molecule is C/C=C(\C=P)C(C)C.Cc1ccccc1. The average molecular weight is 220 g/mol. The Morgan fingerprint density at radius 1 is 1.20 bits per heavy atom. The predicted octanol–water partition coefficient (Wildman–Crippen LogP) is 4.53.